The first kappa shape index (κ1) is 20.7. The van der Waals surface area contributed by atoms with Gasteiger partial charge in [-0.05, 0) is 49.2 Å². The Morgan fingerprint density at radius 2 is 1.93 bits per heavy atom. The van der Waals surface area contributed by atoms with E-state index in [1.54, 1.807) is 44.4 Å². The number of carbonyl (C=O) groups is 2. The van der Waals surface area contributed by atoms with E-state index in [1.165, 1.54) is 4.90 Å². The molecule has 0 saturated carbocycles. The van der Waals surface area contributed by atoms with Gasteiger partial charge in [0.1, 0.15) is 12.4 Å². The number of amides is 2. The van der Waals surface area contributed by atoms with Crippen molar-refractivity contribution in [3.8, 4) is 5.75 Å². The fraction of sp³-hybridized carbons (Fsp3) is 0.364. The second-order valence-electron chi connectivity index (χ2n) is 7.15. The van der Waals surface area contributed by atoms with E-state index in [2.05, 4.69) is 10.6 Å². The summed E-state index contributed by atoms with van der Waals surface area (Å²) in [6.45, 7) is 1.43. The maximum Gasteiger partial charge on any atom is 0.253 e. The van der Waals surface area contributed by atoms with Crippen molar-refractivity contribution in [3.63, 3.8) is 0 Å². The van der Waals surface area contributed by atoms with Crippen LogP contribution in [0.1, 0.15) is 23.2 Å². The van der Waals surface area contributed by atoms with Gasteiger partial charge in [0.25, 0.3) is 5.91 Å². The lowest BCUT2D eigenvalue weighted by molar-refractivity contribution is -0.114. The van der Waals surface area contributed by atoms with Gasteiger partial charge in [0.15, 0.2) is 0 Å². The number of carbonyl (C=O) groups excluding carboxylic acids is 2. The summed E-state index contributed by atoms with van der Waals surface area (Å²) in [4.78, 5) is 25.7. The van der Waals surface area contributed by atoms with Crippen molar-refractivity contribution in [2.75, 3.05) is 44.5 Å². The molecule has 1 saturated heterocycles. The zero-order valence-electron chi connectivity index (χ0n) is 16.8. The largest absolute Gasteiger partial charge is 0.491 e. The second-order valence-corrected chi connectivity index (χ2v) is 7.15. The van der Waals surface area contributed by atoms with Gasteiger partial charge >= 0.3 is 0 Å². The number of anilines is 2. The molecule has 154 valence electrons. The van der Waals surface area contributed by atoms with Crippen LogP contribution in [-0.4, -0.2) is 56.7 Å². The average Bonchev–Trinajstić information content (AvgIpc) is 3.24. The molecule has 1 atom stereocenters. The highest BCUT2D eigenvalue weighted by atomic mass is 16.5. The lowest BCUT2D eigenvalue weighted by Gasteiger charge is -2.13. The molecule has 1 aliphatic heterocycles. The number of rotatable bonds is 8. The molecule has 1 fully saturated rings. The fourth-order valence-electron chi connectivity index (χ4n) is 3.00. The van der Waals surface area contributed by atoms with Crippen LogP contribution in [0.15, 0.2) is 48.5 Å². The molecule has 0 aromatic heterocycles. The van der Waals surface area contributed by atoms with Crippen molar-refractivity contribution < 1.29 is 19.1 Å². The Labute approximate surface area is 171 Å². The van der Waals surface area contributed by atoms with Gasteiger partial charge in [-0.1, -0.05) is 6.07 Å². The Bertz CT molecular complexity index is 830. The highest BCUT2D eigenvalue weighted by Crippen LogP contribution is 2.20. The summed E-state index contributed by atoms with van der Waals surface area (Å²) in [5.41, 5.74) is 2.04. The number of nitrogens with zero attached hydrogens (tertiary/aromatic N) is 1. The first-order valence-corrected chi connectivity index (χ1v) is 9.71. The first-order valence-electron chi connectivity index (χ1n) is 9.71. The third-order valence-corrected chi connectivity index (χ3v) is 4.57. The standard InChI is InChI=1S/C22H27N3O4/c1-25(2)22(27)16-8-10-17(11-9-16)23-14-21(26)24-18-5-3-6-19(13-18)29-15-20-7-4-12-28-20/h3,5-6,8-11,13,20,23H,4,7,12,14-15H2,1-2H3,(H,24,26). The van der Waals surface area contributed by atoms with Crippen molar-refractivity contribution in [2.45, 2.75) is 18.9 Å². The fourth-order valence-corrected chi connectivity index (χ4v) is 3.00. The van der Waals surface area contributed by atoms with Gasteiger partial charge in [0.05, 0.1) is 12.6 Å². The Morgan fingerprint density at radius 3 is 2.62 bits per heavy atom. The van der Waals surface area contributed by atoms with Gasteiger partial charge < -0.3 is 25.0 Å². The van der Waals surface area contributed by atoms with E-state index in [-0.39, 0.29) is 24.5 Å². The molecule has 7 heteroatoms. The van der Waals surface area contributed by atoms with E-state index in [1.807, 2.05) is 18.2 Å². The minimum Gasteiger partial charge on any atom is -0.491 e. The van der Waals surface area contributed by atoms with E-state index in [0.717, 1.165) is 25.1 Å². The molecule has 1 aliphatic rings. The molecule has 1 unspecified atom stereocenters. The van der Waals surface area contributed by atoms with Crippen LogP contribution < -0.4 is 15.4 Å². The second kappa shape index (κ2) is 9.93. The van der Waals surface area contributed by atoms with Gasteiger partial charge in [0.2, 0.25) is 5.91 Å². The Balaban J connectivity index is 1.46. The van der Waals surface area contributed by atoms with E-state index >= 15 is 0 Å². The van der Waals surface area contributed by atoms with Gasteiger partial charge in [0, 0.05) is 43.7 Å². The van der Waals surface area contributed by atoms with E-state index in [9.17, 15) is 9.59 Å². The minimum absolute atomic E-state index is 0.0594. The number of hydrogen-bond donors (Lipinski definition) is 2. The number of benzene rings is 2. The van der Waals surface area contributed by atoms with E-state index in [4.69, 9.17) is 9.47 Å². The monoisotopic (exact) mass is 397 g/mol. The summed E-state index contributed by atoms with van der Waals surface area (Å²) in [6, 6.07) is 14.4. The predicted octanol–water partition coefficient (Wildman–Crippen LogP) is 3.00. The van der Waals surface area contributed by atoms with Gasteiger partial charge in [-0.2, -0.15) is 0 Å². The zero-order valence-corrected chi connectivity index (χ0v) is 16.8. The zero-order chi connectivity index (χ0) is 20.6. The van der Waals surface area contributed by atoms with Crippen LogP contribution in [0.3, 0.4) is 0 Å². The third kappa shape index (κ3) is 6.22. The smallest absolute Gasteiger partial charge is 0.253 e. The summed E-state index contributed by atoms with van der Waals surface area (Å²) >= 11 is 0. The number of nitrogens with one attached hydrogen (secondary N) is 2. The molecule has 0 bridgehead atoms. The summed E-state index contributed by atoms with van der Waals surface area (Å²) in [5, 5.41) is 5.90. The average molecular weight is 397 g/mol. The normalized spacial score (nSPS) is 15.6. The Morgan fingerprint density at radius 1 is 1.14 bits per heavy atom. The maximum absolute atomic E-state index is 12.2. The molecule has 2 amide bonds. The van der Waals surface area contributed by atoms with Crippen molar-refractivity contribution >= 4 is 23.2 Å². The van der Waals surface area contributed by atoms with Crippen LogP contribution in [0.2, 0.25) is 0 Å². The Kier molecular flexibility index (Phi) is 7.08. The van der Waals surface area contributed by atoms with Crippen molar-refractivity contribution in [2.24, 2.45) is 0 Å². The van der Waals surface area contributed by atoms with Crippen molar-refractivity contribution in [1.82, 2.24) is 4.90 Å². The topological polar surface area (TPSA) is 79.9 Å². The van der Waals surface area contributed by atoms with E-state index < -0.39 is 0 Å². The van der Waals surface area contributed by atoms with Crippen molar-refractivity contribution in [1.29, 1.82) is 0 Å². The minimum atomic E-state index is -0.172. The quantitative estimate of drug-likeness (QED) is 0.716. The van der Waals surface area contributed by atoms with Gasteiger partial charge in [-0.3, -0.25) is 9.59 Å². The summed E-state index contributed by atoms with van der Waals surface area (Å²) in [5.74, 6) is 0.470. The molecule has 2 aromatic rings. The molecular weight excluding hydrogens is 370 g/mol. The molecule has 1 heterocycles. The van der Waals surface area contributed by atoms with Crippen LogP contribution in [0.4, 0.5) is 11.4 Å². The van der Waals surface area contributed by atoms with Crippen LogP contribution in [0.5, 0.6) is 5.75 Å². The molecule has 0 radical (unpaired) electrons. The van der Waals surface area contributed by atoms with Crippen LogP contribution in [0.25, 0.3) is 0 Å². The van der Waals surface area contributed by atoms with Gasteiger partial charge in [-0.25, -0.2) is 0 Å². The summed E-state index contributed by atoms with van der Waals surface area (Å²) < 4.78 is 11.3. The third-order valence-electron chi connectivity index (χ3n) is 4.57. The molecule has 7 nitrogen and oxygen atoms in total. The summed E-state index contributed by atoms with van der Waals surface area (Å²) in [7, 11) is 3.42. The molecule has 29 heavy (non-hydrogen) atoms. The lowest BCUT2D eigenvalue weighted by Crippen LogP contribution is -2.22. The first-order chi connectivity index (χ1) is 14.0. The van der Waals surface area contributed by atoms with E-state index in [0.29, 0.717) is 23.6 Å². The highest BCUT2D eigenvalue weighted by molar-refractivity contribution is 5.95. The molecule has 0 aliphatic carbocycles. The molecule has 3 rings (SSSR count). The number of ether oxygens (including phenoxy) is 2. The predicted molar refractivity (Wildman–Crippen MR) is 112 cm³/mol. The van der Waals surface area contributed by atoms with Crippen molar-refractivity contribution in [3.05, 3.63) is 54.1 Å². The SMILES string of the molecule is CN(C)C(=O)c1ccc(NCC(=O)Nc2cccc(OCC3CCCO3)c2)cc1. The van der Waals surface area contributed by atoms with Gasteiger partial charge in [-0.15, -0.1) is 0 Å². The summed E-state index contributed by atoms with van der Waals surface area (Å²) in [6.07, 6.45) is 2.25. The molecular formula is C22H27N3O4. The van der Waals surface area contributed by atoms with Crippen LogP contribution in [0, 0.1) is 0 Å². The lowest BCUT2D eigenvalue weighted by atomic mass is 10.2. The molecule has 2 N–H and O–H groups in total. The number of hydrogen-bond acceptors (Lipinski definition) is 5. The highest BCUT2D eigenvalue weighted by Gasteiger charge is 2.16. The Hall–Kier alpha value is -3.06. The molecule has 0 spiro atoms. The molecule has 2 aromatic carbocycles. The van der Waals surface area contributed by atoms with Crippen LogP contribution in [-0.2, 0) is 9.53 Å². The van der Waals surface area contributed by atoms with Crippen LogP contribution >= 0.6 is 0 Å². The maximum atomic E-state index is 12.2.